The highest BCUT2D eigenvalue weighted by atomic mass is 79.9. The maximum Gasteiger partial charge on any atom is 0.0725 e. The maximum absolute atomic E-state index is 4.51. The third-order valence-electron chi connectivity index (χ3n) is 3.40. The maximum atomic E-state index is 4.51. The molecule has 0 bridgehead atoms. The number of pyridine rings is 2. The zero-order chi connectivity index (χ0) is 13.5. The SMILES string of the molecule is Brc1ccc2[nH]c3cnc(-c4cccnc4)cc3c2c1. The van der Waals surface area contributed by atoms with Crippen molar-refractivity contribution in [1.29, 1.82) is 0 Å². The van der Waals surface area contributed by atoms with Gasteiger partial charge in [0.05, 0.1) is 17.4 Å². The summed E-state index contributed by atoms with van der Waals surface area (Å²) in [5.41, 5.74) is 4.13. The molecule has 20 heavy (non-hydrogen) atoms. The van der Waals surface area contributed by atoms with Crippen LogP contribution in [0, 0.1) is 0 Å². The highest BCUT2D eigenvalue weighted by Crippen LogP contribution is 2.30. The summed E-state index contributed by atoms with van der Waals surface area (Å²) < 4.78 is 1.07. The molecule has 1 N–H and O–H groups in total. The Morgan fingerprint density at radius 2 is 1.85 bits per heavy atom. The standard InChI is InChI=1S/C16H10BrN3/c17-11-3-4-14-12(6-11)13-7-15(19-9-16(13)20-14)10-2-1-5-18-8-10/h1-9,20H. The lowest BCUT2D eigenvalue weighted by Crippen LogP contribution is -1.83. The minimum Gasteiger partial charge on any atom is -0.353 e. The normalized spacial score (nSPS) is 11.2. The highest BCUT2D eigenvalue weighted by Gasteiger charge is 2.07. The second-order valence-electron chi connectivity index (χ2n) is 4.67. The molecule has 0 unspecified atom stereocenters. The lowest BCUT2D eigenvalue weighted by molar-refractivity contribution is 1.29. The molecule has 0 aliphatic heterocycles. The van der Waals surface area contributed by atoms with E-state index in [2.05, 4.69) is 49.1 Å². The quantitative estimate of drug-likeness (QED) is 0.558. The summed E-state index contributed by atoms with van der Waals surface area (Å²) in [5.74, 6) is 0. The van der Waals surface area contributed by atoms with Gasteiger partial charge in [0.15, 0.2) is 0 Å². The Labute approximate surface area is 123 Å². The lowest BCUT2D eigenvalue weighted by atomic mass is 10.1. The van der Waals surface area contributed by atoms with Gasteiger partial charge in [0.25, 0.3) is 0 Å². The fraction of sp³-hybridized carbons (Fsp3) is 0. The Morgan fingerprint density at radius 1 is 0.950 bits per heavy atom. The van der Waals surface area contributed by atoms with Gasteiger partial charge >= 0.3 is 0 Å². The minimum absolute atomic E-state index is 0.937. The Bertz CT molecular complexity index is 913. The van der Waals surface area contributed by atoms with E-state index in [4.69, 9.17) is 0 Å². The number of halogens is 1. The van der Waals surface area contributed by atoms with E-state index in [1.54, 1.807) is 6.20 Å². The molecule has 1 aromatic carbocycles. The van der Waals surface area contributed by atoms with Gasteiger partial charge in [-0.2, -0.15) is 0 Å². The lowest BCUT2D eigenvalue weighted by Gasteiger charge is -2.00. The fourth-order valence-corrected chi connectivity index (χ4v) is 2.80. The van der Waals surface area contributed by atoms with Crippen LogP contribution in [0.4, 0.5) is 0 Å². The zero-order valence-corrected chi connectivity index (χ0v) is 12.1. The van der Waals surface area contributed by atoms with Crippen molar-refractivity contribution in [3.05, 3.63) is 59.5 Å². The number of nitrogens with one attached hydrogen (secondary N) is 1. The van der Waals surface area contributed by atoms with Crippen LogP contribution in [0.1, 0.15) is 0 Å². The molecule has 0 radical (unpaired) electrons. The van der Waals surface area contributed by atoms with Gasteiger partial charge in [0.2, 0.25) is 0 Å². The summed E-state index contributed by atoms with van der Waals surface area (Å²) in [7, 11) is 0. The number of nitrogens with zero attached hydrogens (tertiary/aromatic N) is 2. The predicted molar refractivity (Wildman–Crippen MR) is 84.5 cm³/mol. The molecular formula is C16H10BrN3. The van der Waals surface area contributed by atoms with Gasteiger partial charge in [-0.15, -0.1) is 0 Å². The largest absolute Gasteiger partial charge is 0.353 e. The molecule has 0 spiro atoms. The smallest absolute Gasteiger partial charge is 0.0725 e. The van der Waals surface area contributed by atoms with Crippen molar-refractivity contribution in [3.8, 4) is 11.3 Å². The third kappa shape index (κ3) is 1.80. The van der Waals surface area contributed by atoms with Crippen molar-refractivity contribution in [1.82, 2.24) is 15.0 Å². The van der Waals surface area contributed by atoms with Gasteiger partial charge in [0, 0.05) is 38.7 Å². The minimum atomic E-state index is 0.937. The second-order valence-corrected chi connectivity index (χ2v) is 5.59. The average Bonchev–Trinajstić information content (AvgIpc) is 2.85. The van der Waals surface area contributed by atoms with Crippen molar-refractivity contribution >= 4 is 37.7 Å². The van der Waals surface area contributed by atoms with Gasteiger partial charge in [-0.1, -0.05) is 15.9 Å². The first kappa shape index (κ1) is 11.6. The Morgan fingerprint density at radius 3 is 2.70 bits per heavy atom. The molecule has 0 atom stereocenters. The van der Waals surface area contributed by atoms with Gasteiger partial charge in [-0.3, -0.25) is 9.97 Å². The van der Waals surface area contributed by atoms with E-state index in [9.17, 15) is 0 Å². The van der Waals surface area contributed by atoms with E-state index in [-0.39, 0.29) is 0 Å². The van der Waals surface area contributed by atoms with E-state index in [0.717, 1.165) is 26.8 Å². The topological polar surface area (TPSA) is 41.6 Å². The third-order valence-corrected chi connectivity index (χ3v) is 3.90. The monoisotopic (exact) mass is 323 g/mol. The van der Waals surface area contributed by atoms with E-state index in [1.807, 2.05) is 30.6 Å². The summed E-state index contributed by atoms with van der Waals surface area (Å²) in [6.45, 7) is 0. The van der Waals surface area contributed by atoms with Gasteiger partial charge < -0.3 is 4.98 Å². The number of rotatable bonds is 1. The molecule has 4 heteroatoms. The van der Waals surface area contributed by atoms with E-state index < -0.39 is 0 Å². The molecule has 96 valence electrons. The van der Waals surface area contributed by atoms with Crippen LogP contribution in [0.15, 0.2) is 59.5 Å². The van der Waals surface area contributed by atoms with Crippen molar-refractivity contribution in [2.45, 2.75) is 0 Å². The van der Waals surface area contributed by atoms with Crippen LogP contribution in [0.5, 0.6) is 0 Å². The van der Waals surface area contributed by atoms with Crippen molar-refractivity contribution in [3.63, 3.8) is 0 Å². The van der Waals surface area contributed by atoms with Crippen molar-refractivity contribution in [2.24, 2.45) is 0 Å². The number of hydrogen-bond acceptors (Lipinski definition) is 2. The summed E-state index contributed by atoms with van der Waals surface area (Å²) in [4.78, 5) is 12.0. The summed E-state index contributed by atoms with van der Waals surface area (Å²) in [5, 5.41) is 2.37. The fourth-order valence-electron chi connectivity index (χ4n) is 2.44. The van der Waals surface area contributed by atoms with Crippen LogP contribution < -0.4 is 0 Å². The van der Waals surface area contributed by atoms with E-state index >= 15 is 0 Å². The van der Waals surface area contributed by atoms with E-state index in [1.165, 1.54) is 10.8 Å². The molecule has 0 saturated carbocycles. The van der Waals surface area contributed by atoms with Crippen molar-refractivity contribution < 1.29 is 0 Å². The summed E-state index contributed by atoms with van der Waals surface area (Å²) in [6, 6.07) is 12.3. The number of benzene rings is 1. The summed E-state index contributed by atoms with van der Waals surface area (Å²) in [6.07, 6.45) is 5.48. The van der Waals surface area contributed by atoms with Gasteiger partial charge in [0.1, 0.15) is 0 Å². The molecule has 4 aromatic rings. The second kappa shape index (κ2) is 4.42. The molecule has 3 heterocycles. The Hall–Kier alpha value is -2.20. The molecule has 4 rings (SSSR count). The Kier molecular flexibility index (Phi) is 2.57. The Balaban J connectivity index is 2.03. The molecule has 0 saturated heterocycles. The molecule has 0 fully saturated rings. The number of aromatic nitrogens is 3. The zero-order valence-electron chi connectivity index (χ0n) is 10.5. The number of aromatic amines is 1. The number of H-pyrrole nitrogens is 1. The molecule has 3 nitrogen and oxygen atoms in total. The predicted octanol–water partition coefficient (Wildman–Crippen LogP) is 4.54. The molecule has 0 aliphatic rings. The van der Waals surface area contributed by atoms with Crippen LogP contribution in [0.25, 0.3) is 33.1 Å². The van der Waals surface area contributed by atoms with Crippen LogP contribution in [0.2, 0.25) is 0 Å². The summed E-state index contributed by atoms with van der Waals surface area (Å²) >= 11 is 3.53. The average molecular weight is 324 g/mol. The molecule has 0 aliphatic carbocycles. The molecule has 0 amide bonds. The van der Waals surface area contributed by atoms with Crippen molar-refractivity contribution in [2.75, 3.05) is 0 Å². The first-order chi connectivity index (χ1) is 9.81. The first-order valence-corrected chi connectivity index (χ1v) is 7.08. The molecular weight excluding hydrogens is 314 g/mol. The highest BCUT2D eigenvalue weighted by molar-refractivity contribution is 9.10. The van der Waals surface area contributed by atoms with Gasteiger partial charge in [-0.25, -0.2) is 0 Å². The van der Waals surface area contributed by atoms with Crippen LogP contribution >= 0.6 is 15.9 Å². The van der Waals surface area contributed by atoms with E-state index in [0.29, 0.717) is 0 Å². The van der Waals surface area contributed by atoms with Crippen LogP contribution in [-0.2, 0) is 0 Å². The molecule has 3 aromatic heterocycles. The van der Waals surface area contributed by atoms with Gasteiger partial charge in [-0.05, 0) is 36.4 Å². The number of hydrogen-bond donors (Lipinski definition) is 1. The van der Waals surface area contributed by atoms with Crippen LogP contribution in [-0.4, -0.2) is 15.0 Å². The first-order valence-electron chi connectivity index (χ1n) is 6.29. The van der Waals surface area contributed by atoms with Crippen LogP contribution in [0.3, 0.4) is 0 Å². The number of fused-ring (bicyclic) bond motifs is 3.